The van der Waals surface area contributed by atoms with Crippen molar-refractivity contribution in [2.24, 2.45) is 5.41 Å². The van der Waals surface area contributed by atoms with Gasteiger partial charge in [-0.2, -0.15) is 0 Å². The fraction of sp³-hybridized carbons (Fsp3) is 0.909. The van der Waals surface area contributed by atoms with E-state index < -0.39 is 0 Å². The molecule has 0 saturated heterocycles. The molecule has 1 rings (SSSR count). The number of alkyl halides is 1. The van der Waals surface area contributed by atoms with Gasteiger partial charge in [0.1, 0.15) is 0 Å². The standard InChI is InChI=1S/C11H20BrNO/c1-9(12)8-13-10(14)11(2)6-4-3-5-7-11/h9H,3-8H2,1-2H3,(H,13,14). The van der Waals surface area contributed by atoms with Gasteiger partial charge in [0.25, 0.3) is 0 Å². The molecule has 0 radical (unpaired) electrons. The van der Waals surface area contributed by atoms with E-state index in [4.69, 9.17) is 0 Å². The minimum absolute atomic E-state index is 0.0971. The maximum Gasteiger partial charge on any atom is 0.225 e. The van der Waals surface area contributed by atoms with Crippen LogP contribution in [-0.2, 0) is 4.79 Å². The molecular weight excluding hydrogens is 242 g/mol. The van der Waals surface area contributed by atoms with E-state index in [1.807, 2.05) is 6.92 Å². The van der Waals surface area contributed by atoms with Crippen LogP contribution in [0, 0.1) is 5.41 Å². The quantitative estimate of drug-likeness (QED) is 0.778. The van der Waals surface area contributed by atoms with Gasteiger partial charge in [-0.05, 0) is 12.8 Å². The smallest absolute Gasteiger partial charge is 0.225 e. The molecule has 0 bridgehead atoms. The van der Waals surface area contributed by atoms with Gasteiger partial charge in [0, 0.05) is 16.8 Å². The fourth-order valence-electron chi connectivity index (χ4n) is 2.01. The molecule has 0 aliphatic heterocycles. The average molecular weight is 262 g/mol. The van der Waals surface area contributed by atoms with Crippen molar-refractivity contribution < 1.29 is 4.79 Å². The minimum atomic E-state index is -0.0971. The van der Waals surface area contributed by atoms with Crippen LogP contribution in [0.5, 0.6) is 0 Å². The Labute approximate surface area is 95.0 Å². The second kappa shape index (κ2) is 5.15. The summed E-state index contributed by atoms with van der Waals surface area (Å²) >= 11 is 3.43. The highest BCUT2D eigenvalue weighted by Gasteiger charge is 2.34. The summed E-state index contributed by atoms with van der Waals surface area (Å²) in [7, 11) is 0. The summed E-state index contributed by atoms with van der Waals surface area (Å²) in [6.07, 6.45) is 5.80. The molecule has 1 atom stereocenters. The molecular formula is C11H20BrNO. The van der Waals surface area contributed by atoms with Crippen LogP contribution in [0.2, 0.25) is 0 Å². The van der Waals surface area contributed by atoms with Gasteiger partial charge in [-0.3, -0.25) is 4.79 Å². The van der Waals surface area contributed by atoms with Crippen LogP contribution in [0.4, 0.5) is 0 Å². The van der Waals surface area contributed by atoms with E-state index in [-0.39, 0.29) is 11.3 Å². The predicted molar refractivity (Wildman–Crippen MR) is 62.6 cm³/mol. The molecule has 1 unspecified atom stereocenters. The Bertz CT molecular complexity index is 197. The van der Waals surface area contributed by atoms with E-state index in [1.54, 1.807) is 0 Å². The van der Waals surface area contributed by atoms with E-state index in [2.05, 4.69) is 28.2 Å². The molecule has 0 heterocycles. The molecule has 1 N–H and O–H groups in total. The van der Waals surface area contributed by atoms with Crippen molar-refractivity contribution in [2.75, 3.05) is 6.54 Å². The zero-order valence-electron chi connectivity index (χ0n) is 9.11. The Morgan fingerprint density at radius 2 is 2.00 bits per heavy atom. The maximum absolute atomic E-state index is 11.9. The van der Waals surface area contributed by atoms with E-state index >= 15 is 0 Å². The highest BCUT2D eigenvalue weighted by molar-refractivity contribution is 9.09. The Morgan fingerprint density at radius 1 is 1.43 bits per heavy atom. The Kier molecular flexibility index (Phi) is 4.42. The molecule has 0 aromatic rings. The molecule has 0 aromatic heterocycles. The highest BCUT2D eigenvalue weighted by atomic mass is 79.9. The van der Waals surface area contributed by atoms with Crippen molar-refractivity contribution in [3.63, 3.8) is 0 Å². The van der Waals surface area contributed by atoms with Crippen LogP contribution >= 0.6 is 15.9 Å². The number of rotatable bonds is 3. The highest BCUT2D eigenvalue weighted by Crippen LogP contribution is 2.35. The Balaban J connectivity index is 2.41. The first kappa shape index (κ1) is 12.0. The average Bonchev–Trinajstić information content (AvgIpc) is 2.15. The summed E-state index contributed by atoms with van der Waals surface area (Å²) in [6, 6.07) is 0. The molecule has 0 spiro atoms. The van der Waals surface area contributed by atoms with Crippen molar-refractivity contribution in [1.82, 2.24) is 5.32 Å². The molecule has 1 saturated carbocycles. The molecule has 14 heavy (non-hydrogen) atoms. The van der Waals surface area contributed by atoms with E-state index in [0.29, 0.717) is 4.83 Å². The molecule has 2 nitrogen and oxygen atoms in total. The first-order chi connectivity index (χ1) is 6.54. The van der Waals surface area contributed by atoms with Crippen molar-refractivity contribution in [3.8, 4) is 0 Å². The largest absolute Gasteiger partial charge is 0.355 e. The van der Waals surface area contributed by atoms with Crippen molar-refractivity contribution in [1.29, 1.82) is 0 Å². The van der Waals surface area contributed by atoms with E-state index in [9.17, 15) is 4.79 Å². The van der Waals surface area contributed by atoms with Gasteiger partial charge in [-0.15, -0.1) is 0 Å². The number of carbonyl (C=O) groups excluding carboxylic acids is 1. The van der Waals surface area contributed by atoms with Gasteiger partial charge < -0.3 is 5.32 Å². The lowest BCUT2D eigenvalue weighted by Crippen LogP contribution is -2.41. The van der Waals surface area contributed by atoms with Gasteiger partial charge in [-0.1, -0.05) is 49.0 Å². The first-order valence-corrected chi connectivity index (χ1v) is 6.38. The van der Waals surface area contributed by atoms with Crippen LogP contribution in [0.3, 0.4) is 0 Å². The van der Waals surface area contributed by atoms with Gasteiger partial charge >= 0.3 is 0 Å². The van der Waals surface area contributed by atoms with Crippen LogP contribution < -0.4 is 5.32 Å². The van der Waals surface area contributed by atoms with Gasteiger partial charge in [0.2, 0.25) is 5.91 Å². The monoisotopic (exact) mass is 261 g/mol. The molecule has 1 amide bonds. The van der Waals surface area contributed by atoms with Gasteiger partial charge in [0.15, 0.2) is 0 Å². The van der Waals surface area contributed by atoms with Gasteiger partial charge in [-0.25, -0.2) is 0 Å². The van der Waals surface area contributed by atoms with Gasteiger partial charge in [0.05, 0.1) is 0 Å². The molecule has 3 heteroatoms. The van der Waals surface area contributed by atoms with Crippen LogP contribution in [-0.4, -0.2) is 17.3 Å². The number of amides is 1. The summed E-state index contributed by atoms with van der Waals surface area (Å²) in [5.41, 5.74) is -0.0971. The maximum atomic E-state index is 11.9. The third-order valence-electron chi connectivity index (χ3n) is 3.05. The summed E-state index contributed by atoms with van der Waals surface area (Å²) in [6.45, 7) is 4.87. The van der Waals surface area contributed by atoms with Crippen molar-refractivity contribution >= 4 is 21.8 Å². The fourth-order valence-corrected chi connectivity index (χ4v) is 2.17. The second-order valence-corrected chi connectivity index (χ2v) is 6.18. The lowest BCUT2D eigenvalue weighted by molar-refractivity contribution is -0.131. The van der Waals surface area contributed by atoms with Crippen LogP contribution in [0.25, 0.3) is 0 Å². The van der Waals surface area contributed by atoms with Crippen LogP contribution in [0.15, 0.2) is 0 Å². The number of hydrogen-bond acceptors (Lipinski definition) is 1. The number of halogens is 1. The number of hydrogen-bond donors (Lipinski definition) is 1. The summed E-state index contributed by atoms with van der Waals surface area (Å²) < 4.78 is 0. The van der Waals surface area contributed by atoms with E-state index in [0.717, 1.165) is 19.4 Å². The molecule has 1 aliphatic rings. The molecule has 1 fully saturated rings. The van der Waals surface area contributed by atoms with E-state index in [1.165, 1.54) is 19.3 Å². The summed E-state index contributed by atoms with van der Waals surface area (Å²) in [5, 5.41) is 3.01. The zero-order valence-corrected chi connectivity index (χ0v) is 10.7. The topological polar surface area (TPSA) is 29.1 Å². The first-order valence-electron chi connectivity index (χ1n) is 5.47. The predicted octanol–water partition coefficient (Wildman–Crippen LogP) is 2.86. The SMILES string of the molecule is CC(Br)CNC(=O)C1(C)CCCCC1. The third kappa shape index (κ3) is 3.26. The normalized spacial score (nSPS) is 22.8. The molecule has 1 aliphatic carbocycles. The summed E-state index contributed by atoms with van der Waals surface area (Å²) in [4.78, 5) is 12.3. The van der Waals surface area contributed by atoms with Crippen molar-refractivity contribution in [3.05, 3.63) is 0 Å². The minimum Gasteiger partial charge on any atom is -0.355 e. The zero-order chi connectivity index (χ0) is 10.6. The number of carbonyl (C=O) groups is 1. The summed E-state index contributed by atoms with van der Waals surface area (Å²) in [5.74, 6) is 0.239. The molecule has 82 valence electrons. The second-order valence-electron chi connectivity index (χ2n) is 4.61. The lowest BCUT2D eigenvalue weighted by atomic mass is 9.75. The van der Waals surface area contributed by atoms with Crippen molar-refractivity contribution in [2.45, 2.75) is 50.8 Å². The Morgan fingerprint density at radius 3 is 2.50 bits per heavy atom. The Hall–Kier alpha value is -0.0500. The van der Waals surface area contributed by atoms with Crippen LogP contribution in [0.1, 0.15) is 46.0 Å². The lowest BCUT2D eigenvalue weighted by Gasteiger charge is -2.32. The number of nitrogens with one attached hydrogen (secondary N) is 1. The third-order valence-corrected chi connectivity index (χ3v) is 3.37. The molecule has 0 aromatic carbocycles.